The molecule has 1 N–H and O–H groups in total. The van der Waals surface area contributed by atoms with Gasteiger partial charge in [0.2, 0.25) is 0 Å². The summed E-state index contributed by atoms with van der Waals surface area (Å²) in [4.78, 5) is 29.8. The molecular formula is C25H24N4O5. The molecule has 0 saturated heterocycles. The summed E-state index contributed by atoms with van der Waals surface area (Å²) in [6.45, 7) is 3.58. The van der Waals surface area contributed by atoms with Crippen LogP contribution in [0.2, 0.25) is 0 Å². The number of aromatic nitrogens is 4. The Labute approximate surface area is 196 Å². The lowest BCUT2D eigenvalue weighted by atomic mass is 10.2. The summed E-state index contributed by atoms with van der Waals surface area (Å²) in [5.41, 5.74) is 3.31. The lowest BCUT2D eigenvalue weighted by molar-refractivity contribution is -0.134. The number of carboxylic acid groups (broad SMARTS) is 1. The maximum absolute atomic E-state index is 12.2. The molecule has 0 radical (unpaired) electrons. The zero-order valence-electron chi connectivity index (χ0n) is 18.8. The maximum atomic E-state index is 12.2. The first-order chi connectivity index (χ1) is 16.5. The molecule has 3 aromatic heterocycles. The molecule has 0 aliphatic rings. The summed E-state index contributed by atoms with van der Waals surface area (Å²) in [5, 5.41) is 11.8. The first-order valence-electron chi connectivity index (χ1n) is 10.5. The van der Waals surface area contributed by atoms with E-state index in [1.807, 2.05) is 48.5 Å². The van der Waals surface area contributed by atoms with E-state index in [1.54, 1.807) is 42.3 Å². The number of ether oxygens (including phenoxy) is 2. The monoisotopic (exact) mass is 460 g/mol. The summed E-state index contributed by atoms with van der Waals surface area (Å²) in [5.74, 6) is -0.662. The van der Waals surface area contributed by atoms with Crippen LogP contribution in [0.3, 0.4) is 0 Å². The lowest BCUT2D eigenvalue weighted by Crippen LogP contribution is -2.07. The van der Waals surface area contributed by atoms with Crippen molar-refractivity contribution in [1.82, 2.24) is 19.7 Å². The molecule has 0 fully saturated rings. The Morgan fingerprint density at radius 2 is 1.79 bits per heavy atom. The van der Waals surface area contributed by atoms with E-state index in [2.05, 4.69) is 15.1 Å². The topological polar surface area (TPSA) is 116 Å². The van der Waals surface area contributed by atoms with Crippen molar-refractivity contribution < 1.29 is 24.2 Å². The number of hydrogen-bond acceptors (Lipinski definition) is 7. The summed E-state index contributed by atoms with van der Waals surface area (Å²) < 4.78 is 12.5. The summed E-state index contributed by atoms with van der Waals surface area (Å²) in [6, 6.07) is 18.9. The van der Waals surface area contributed by atoms with Crippen molar-refractivity contribution in [2.24, 2.45) is 0 Å². The zero-order chi connectivity index (χ0) is 24.3. The Balaban J connectivity index is 0.000000751. The van der Waals surface area contributed by atoms with Gasteiger partial charge in [-0.05, 0) is 36.8 Å². The number of hydrogen-bond donors (Lipinski definition) is 1. The van der Waals surface area contributed by atoms with Crippen LogP contribution in [-0.4, -0.2) is 43.4 Å². The first-order valence-corrected chi connectivity index (χ1v) is 10.5. The highest BCUT2D eigenvalue weighted by atomic mass is 16.5. The molecule has 174 valence electrons. The third-order valence-corrected chi connectivity index (χ3v) is 4.33. The van der Waals surface area contributed by atoms with Crippen LogP contribution in [0.1, 0.15) is 29.9 Å². The average Bonchev–Trinajstić information content (AvgIpc) is 3.30. The highest BCUT2D eigenvalue weighted by Crippen LogP contribution is 2.24. The van der Waals surface area contributed by atoms with Gasteiger partial charge < -0.3 is 14.6 Å². The number of carboxylic acids is 1. The Morgan fingerprint density at radius 3 is 2.41 bits per heavy atom. The van der Waals surface area contributed by atoms with Gasteiger partial charge in [0, 0.05) is 19.2 Å². The van der Waals surface area contributed by atoms with Gasteiger partial charge in [0.05, 0.1) is 36.1 Å². The van der Waals surface area contributed by atoms with E-state index in [0.717, 1.165) is 12.5 Å². The molecule has 0 saturated carbocycles. The quantitative estimate of drug-likeness (QED) is 0.408. The molecule has 0 bridgehead atoms. The number of esters is 1. The van der Waals surface area contributed by atoms with E-state index < -0.39 is 11.9 Å². The van der Waals surface area contributed by atoms with Gasteiger partial charge in [-0.1, -0.05) is 30.3 Å². The molecule has 0 amide bonds. The normalized spacial score (nSPS) is 10.1. The minimum absolute atomic E-state index is 0.210. The van der Waals surface area contributed by atoms with Crippen molar-refractivity contribution in [1.29, 1.82) is 0 Å². The fraction of sp³-hybridized carbons (Fsp3) is 0.160. The molecule has 0 atom stereocenters. The number of pyridine rings is 2. The van der Waals surface area contributed by atoms with E-state index in [4.69, 9.17) is 19.4 Å². The minimum atomic E-state index is -0.833. The van der Waals surface area contributed by atoms with Gasteiger partial charge in [-0.2, -0.15) is 5.10 Å². The van der Waals surface area contributed by atoms with E-state index >= 15 is 0 Å². The zero-order valence-corrected chi connectivity index (χ0v) is 18.8. The van der Waals surface area contributed by atoms with Crippen molar-refractivity contribution in [3.05, 3.63) is 90.5 Å². The molecule has 0 unspecified atom stereocenters. The first kappa shape index (κ1) is 24.1. The van der Waals surface area contributed by atoms with Gasteiger partial charge in [0.1, 0.15) is 12.4 Å². The van der Waals surface area contributed by atoms with Crippen molar-refractivity contribution in [3.63, 3.8) is 0 Å². The molecule has 1 aromatic carbocycles. The van der Waals surface area contributed by atoms with Crippen LogP contribution in [0.5, 0.6) is 5.75 Å². The summed E-state index contributed by atoms with van der Waals surface area (Å²) in [6.07, 6.45) is 5.00. The molecular weight excluding hydrogens is 436 g/mol. The molecule has 34 heavy (non-hydrogen) atoms. The number of benzene rings is 1. The molecule has 3 heterocycles. The van der Waals surface area contributed by atoms with Crippen LogP contribution in [0.15, 0.2) is 79.3 Å². The molecule has 0 aliphatic heterocycles. The maximum Gasteiger partial charge on any atom is 0.358 e. The average molecular weight is 460 g/mol. The van der Waals surface area contributed by atoms with Gasteiger partial charge >= 0.3 is 5.97 Å². The third kappa shape index (κ3) is 6.73. The van der Waals surface area contributed by atoms with Crippen LogP contribution in [0.4, 0.5) is 0 Å². The highest BCUT2D eigenvalue weighted by Gasteiger charge is 2.18. The number of aliphatic carboxylic acids is 1. The number of nitrogens with zero attached hydrogens (tertiary/aromatic N) is 4. The Bertz CT molecular complexity index is 1210. The van der Waals surface area contributed by atoms with Crippen LogP contribution in [0, 0.1) is 0 Å². The number of carbonyl (C=O) groups excluding carboxylic acids is 1. The van der Waals surface area contributed by atoms with Crippen LogP contribution in [0.25, 0.3) is 17.1 Å². The lowest BCUT2D eigenvalue weighted by Gasteiger charge is -2.08. The smallest absolute Gasteiger partial charge is 0.358 e. The largest absolute Gasteiger partial charge is 0.487 e. The van der Waals surface area contributed by atoms with Gasteiger partial charge in [0.15, 0.2) is 5.69 Å². The van der Waals surface area contributed by atoms with Gasteiger partial charge in [-0.15, -0.1) is 0 Å². The SMILES string of the molecule is CC(=O)O.CCOC(=O)c1cc(-c2ccc(OCc3ccccc3)cn2)n(-c2cccnc2)n1. The fourth-order valence-electron chi connectivity index (χ4n) is 2.90. The molecule has 0 spiro atoms. The van der Waals surface area contributed by atoms with Crippen LogP contribution in [-0.2, 0) is 16.1 Å². The Hall–Kier alpha value is -4.53. The summed E-state index contributed by atoms with van der Waals surface area (Å²) >= 11 is 0. The minimum Gasteiger partial charge on any atom is -0.487 e. The third-order valence-electron chi connectivity index (χ3n) is 4.33. The van der Waals surface area contributed by atoms with Crippen LogP contribution < -0.4 is 4.74 Å². The second-order valence-electron chi connectivity index (χ2n) is 6.93. The van der Waals surface area contributed by atoms with Gasteiger partial charge in [-0.3, -0.25) is 14.8 Å². The van der Waals surface area contributed by atoms with Crippen LogP contribution >= 0.6 is 0 Å². The predicted molar refractivity (Wildman–Crippen MR) is 125 cm³/mol. The van der Waals surface area contributed by atoms with E-state index in [9.17, 15) is 4.79 Å². The van der Waals surface area contributed by atoms with E-state index in [-0.39, 0.29) is 12.3 Å². The van der Waals surface area contributed by atoms with Crippen molar-refractivity contribution in [2.45, 2.75) is 20.5 Å². The number of carbonyl (C=O) groups is 2. The van der Waals surface area contributed by atoms with Crippen molar-refractivity contribution >= 4 is 11.9 Å². The number of rotatable bonds is 7. The second-order valence-corrected chi connectivity index (χ2v) is 6.93. The molecule has 9 heteroatoms. The second kappa shape index (κ2) is 11.9. The van der Waals surface area contributed by atoms with Crippen molar-refractivity contribution in [3.8, 4) is 22.8 Å². The molecule has 0 aliphatic carbocycles. The Kier molecular flexibility index (Phi) is 8.45. The van der Waals surface area contributed by atoms with E-state index in [0.29, 0.717) is 29.4 Å². The Morgan fingerprint density at radius 1 is 1.03 bits per heavy atom. The standard InChI is InChI=1S/C23H20N4O3.C2H4O2/c1-2-29-23(28)21-13-22(27(26-21)18-9-6-12-24-14-18)20-11-10-19(15-25-20)30-16-17-7-4-3-5-8-17;1-2(3)4/h3-15H,2,16H2,1H3;1H3,(H,3,4). The predicted octanol–water partition coefficient (Wildman–Crippen LogP) is 4.18. The summed E-state index contributed by atoms with van der Waals surface area (Å²) in [7, 11) is 0. The molecule has 4 aromatic rings. The van der Waals surface area contributed by atoms with E-state index in [1.165, 1.54) is 0 Å². The van der Waals surface area contributed by atoms with Gasteiger partial charge in [-0.25, -0.2) is 9.48 Å². The van der Waals surface area contributed by atoms with Crippen molar-refractivity contribution in [2.75, 3.05) is 6.61 Å². The molecule has 9 nitrogen and oxygen atoms in total. The highest BCUT2D eigenvalue weighted by molar-refractivity contribution is 5.88. The van der Waals surface area contributed by atoms with Gasteiger partial charge in [0.25, 0.3) is 5.97 Å². The fourth-order valence-corrected chi connectivity index (χ4v) is 2.90. The molecule has 4 rings (SSSR count).